The van der Waals surface area contributed by atoms with Crippen molar-refractivity contribution in [2.75, 3.05) is 11.9 Å². The highest BCUT2D eigenvalue weighted by Gasteiger charge is 2.17. The maximum absolute atomic E-state index is 11.3. The lowest BCUT2D eigenvalue weighted by Gasteiger charge is -2.20. The number of rotatable bonds is 6. The summed E-state index contributed by atoms with van der Waals surface area (Å²) < 4.78 is 5.36. The average molecular weight is 326 g/mol. The van der Waals surface area contributed by atoms with Crippen LogP contribution in [-0.4, -0.2) is 12.5 Å². The highest BCUT2D eigenvalue weighted by molar-refractivity contribution is 9.09. The van der Waals surface area contributed by atoms with Crippen LogP contribution in [0.3, 0.4) is 0 Å². The number of hydrogen-bond donors (Lipinski definition) is 1. The van der Waals surface area contributed by atoms with Crippen molar-refractivity contribution < 1.29 is 9.53 Å². The highest BCUT2D eigenvalue weighted by atomic mass is 79.9. The topological polar surface area (TPSA) is 38.3 Å². The maximum Gasteiger partial charge on any atom is 0.262 e. The number of hydrogen-bond acceptors (Lipinski definition) is 2. The Morgan fingerprint density at radius 2 is 2.21 bits per heavy atom. The molecule has 1 aromatic rings. The van der Waals surface area contributed by atoms with Gasteiger partial charge in [-0.1, -0.05) is 54.6 Å². The molecule has 2 rings (SSSR count). The van der Waals surface area contributed by atoms with Crippen molar-refractivity contribution in [1.82, 2.24) is 0 Å². The average Bonchev–Trinajstić information content (AvgIpc) is 2.42. The third-order valence-electron chi connectivity index (χ3n) is 3.31. The van der Waals surface area contributed by atoms with E-state index in [1.165, 1.54) is 31.2 Å². The van der Waals surface area contributed by atoms with Crippen LogP contribution in [0.25, 0.3) is 0 Å². The summed E-state index contributed by atoms with van der Waals surface area (Å²) in [6.45, 7) is 2.33. The molecule has 1 amide bonds. The highest BCUT2D eigenvalue weighted by Crippen LogP contribution is 2.35. The van der Waals surface area contributed by atoms with Crippen LogP contribution in [-0.2, 0) is 4.79 Å². The minimum absolute atomic E-state index is 0.0845. The molecular weight excluding hydrogens is 306 g/mol. The minimum atomic E-state index is -0.0845. The lowest BCUT2D eigenvalue weighted by Crippen LogP contribution is -2.25. The lowest BCUT2D eigenvalue weighted by atomic mass is 10.0. The van der Waals surface area contributed by atoms with Gasteiger partial charge < -0.3 is 10.1 Å². The van der Waals surface area contributed by atoms with Crippen LogP contribution in [0.2, 0.25) is 0 Å². The third-order valence-corrected chi connectivity index (χ3v) is 4.30. The Hall–Kier alpha value is -1.03. The van der Waals surface area contributed by atoms with Crippen LogP contribution in [0.4, 0.5) is 5.69 Å². The summed E-state index contributed by atoms with van der Waals surface area (Å²) in [5.41, 5.74) is 1.98. The van der Waals surface area contributed by atoms with E-state index in [1.807, 2.05) is 12.1 Å². The van der Waals surface area contributed by atoms with E-state index in [1.54, 1.807) is 0 Å². The van der Waals surface area contributed by atoms with Crippen LogP contribution in [0.1, 0.15) is 49.4 Å². The normalized spacial score (nSPS) is 15.4. The first-order valence-corrected chi connectivity index (χ1v) is 7.83. The van der Waals surface area contributed by atoms with Gasteiger partial charge in [0.15, 0.2) is 6.61 Å². The Morgan fingerprint density at radius 1 is 1.37 bits per heavy atom. The quantitative estimate of drug-likeness (QED) is 0.621. The Kier molecular flexibility index (Phi) is 5.25. The van der Waals surface area contributed by atoms with Crippen LogP contribution in [0.5, 0.6) is 5.75 Å². The minimum Gasteiger partial charge on any atom is -0.482 e. The Morgan fingerprint density at radius 3 is 3.00 bits per heavy atom. The summed E-state index contributed by atoms with van der Waals surface area (Å²) in [6.07, 6.45) is 6.18. The zero-order valence-corrected chi connectivity index (χ0v) is 12.8. The zero-order chi connectivity index (χ0) is 13.7. The van der Waals surface area contributed by atoms with Gasteiger partial charge in [-0.3, -0.25) is 4.79 Å². The summed E-state index contributed by atoms with van der Waals surface area (Å²) in [5.74, 6) is 0.674. The number of halogens is 1. The van der Waals surface area contributed by atoms with E-state index < -0.39 is 0 Å². The SMILES string of the molecule is CCCCCCC(Br)c1ccc2c(c1)NC(=O)CO2. The third kappa shape index (κ3) is 3.96. The lowest BCUT2D eigenvalue weighted by molar-refractivity contribution is -0.118. The fourth-order valence-corrected chi connectivity index (χ4v) is 2.82. The molecule has 0 saturated carbocycles. The smallest absolute Gasteiger partial charge is 0.262 e. The van der Waals surface area contributed by atoms with E-state index in [9.17, 15) is 4.79 Å². The predicted molar refractivity (Wildman–Crippen MR) is 81.0 cm³/mol. The first-order chi connectivity index (χ1) is 9.20. The van der Waals surface area contributed by atoms with Gasteiger partial charge >= 0.3 is 0 Å². The number of carbonyl (C=O) groups excluding carboxylic acids is 1. The van der Waals surface area contributed by atoms with E-state index in [-0.39, 0.29) is 12.5 Å². The van der Waals surface area contributed by atoms with Crippen LogP contribution < -0.4 is 10.1 Å². The summed E-state index contributed by atoms with van der Waals surface area (Å²) in [7, 11) is 0. The van der Waals surface area contributed by atoms with Gasteiger partial charge in [0.05, 0.1) is 5.69 Å². The first kappa shape index (κ1) is 14.4. The van der Waals surface area contributed by atoms with E-state index in [2.05, 4.69) is 34.2 Å². The number of carbonyl (C=O) groups is 1. The van der Waals surface area contributed by atoms with Crippen molar-refractivity contribution in [3.8, 4) is 5.75 Å². The molecule has 3 nitrogen and oxygen atoms in total. The standard InChI is InChI=1S/C15H20BrNO2/c1-2-3-4-5-6-12(16)11-7-8-14-13(9-11)17-15(18)10-19-14/h7-9,12H,2-6,10H2,1H3,(H,17,18). The second-order valence-electron chi connectivity index (χ2n) is 4.91. The molecule has 0 radical (unpaired) electrons. The molecule has 104 valence electrons. The van der Waals surface area contributed by atoms with Crippen molar-refractivity contribution in [1.29, 1.82) is 0 Å². The number of ether oxygens (including phenoxy) is 1. The van der Waals surface area contributed by atoms with Crippen molar-refractivity contribution in [2.24, 2.45) is 0 Å². The number of alkyl halides is 1. The summed E-state index contributed by atoms with van der Waals surface area (Å²) >= 11 is 3.73. The Labute approximate surface area is 122 Å². The van der Waals surface area contributed by atoms with Crippen molar-refractivity contribution in [3.63, 3.8) is 0 Å². The molecule has 0 spiro atoms. The molecular formula is C15H20BrNO2. The molecule has 1 N–H and O–H groups in total. The van der Waals surface area contributed by atoms with Crippen LogP contribution >= 0.6 is 15.9 Å². The number of anilines is 1. The molecule has 1 heterocycles. The van der Waals surface area contributed by atoms with E-state index in [4.69, 9.17) is 4.74 Å². The summed E-state index contributed by atoms with van der Waals surface area (Å²) in [5, 5.41) is 2.85. The van der Waals surface area contributed by atoms with Gasteiger partial charge in [-0.2, -0.15) is 0 Å². The Bertz CT molecular complexity index is 448. The second-order valence-corrected chi connectivity index (χ2v) is 6.01. The van der Waals surface area contributed by atoms with E-state index >= 15 is 0 Å². The van der Waals surface area contributed by atoms with Gasteiger partial charge in [0, 0.05) is 4.83 Å². The fraction of sp³-hybridized carbons (Fsp3) is 0.533. The molecule has 1 aliphatic rings. The molecule has 1 aromatic carbocycles. The maximum atomic E-state index is 11.3. The molecule has 0 fully saturated rings. The second kappa shape index (κ2) is 6.94. The van der Waals surface area contributed by atoms with Crippen LogP contribution in [0.15, 0.2) is 18.2 Å². The number of unbranched alkanes of at least 4 members (excludes halogenated alkanes) is 3. The first-order valence-electron chi connectivity index (χ1n) is 6.91. The van der Waals surface area contributed by atoms with Gasteiger partial charge in [0.25, 0.3) is 5.91 Å². The fourth-order valence-electron chi connectivity index (χ4n) is 2.21. The number of amides is 1. The monoisotopic (exact) mass is 325 g/mol. The van der Waals surface area contributed by atoms with E-state index in [0.29, 0.717) is 4.83 Å². The predicted octanol–water partition coefficient (Wildman–Crippen LogP) is 4.42. The summed E-state index contributed by atoms with van der Waals surface area (Å²) in [4.78, 5) is 11.6. The molecule has 1 unspecified atom stereocenters. The molecule has 1 atom stereocenters. The summed E-state index contributed by atoms with van der Waals surface area (Å²) in [6, 6.07) is 6.01. The molecule has 1 aliphatic heterocycles. The van der Waals surface area contributed by atoms with Gasteiger partial charge in [-0.15, -0.1) is 0 Å². The molecule has 0 aliphatic carbocycles. The van der Waals surface area contributed by atoms with Gasteiger partial charge in [-0.25, -0.2) is 0 Å². The largest absolute Gasteiger partial charge is 0.482 e. The number of nitrogens with one attached hydrogen (secondary N) is 1. The van der Waals surface area contributed by atoms with Crippen molar-refractivity contribution >= 4 is 27.5 Å². The number of fused-ring (bicyclic) bond motifs is 1. The van der Waals surface area contributed by atoms with Crippen molar-refractivity contribution in [3.05, 3.63) is 23.8 Å². The zero-order valence-electron chi connectivity index (χ0n) is 11.2. The number of benzene rings is 1. The van der Waals surface area contributed by atoms with Crippen LogP contribution in [0, 0.1) is 0 Å². The van der Waals surface area contributed by atoms with Gasteiger partial charge in [0.2, 0.25) is 0 Å². The van der Waals surface area contributed by atoms with E-state index in [0.717, 1.165) is 17.9 Å². The van der Waals surface area contributed by atoms with Gasteiger partial charge in [0.1, 0.15) is 5.75 Å². The molecule has 0 aromatic heterocycles. The molecule has 0 bridgehead atoms. The van der Waals surface area contributed by atoms with Crippen molar-refractivity contribution in [2.45, 2.75) is 43.9 Å². The Balaban J connectivity index is 1.96. The van der Waals surface area contributed by atoms with Gasteiger partial charge in [-0.05, 0) is 24.1 Å². The molecule has 0 saturated heterocycles. The molecule has 4 heteroatoms. The molecule has 19 heavy (non-hydrogen) atoms.